The largest absolute Gasteiger partial charge is 0.392 e. The molecule has 0 fully saturated rings. The number of carbonyl (C=O) groups is 2. The molecular weight excluding hydrogens is 262 g/mol. The molecule has 0 atom stereocenters. The molecule has 0 bridgehead atoms. The minimum atomic E-state index is -0.931. The van der Waals surface area contributed by atoms with Crippen LogP contribution in [-0.4, -0.2) is 16.8 Å². The Hall–Kier alpha value is -1.95. The molecule has 0 aliphatic heterocycles. The summed E-state index contributed by atoms with van der Waals surface area (Å²) in [5, 5.41) is 5.36. The van der Waals surface area contributed by atoms with Crippen LogP contribution in [0.3, 0.4) is 0 Å². The number of thiocarbonyl (C=S) groups is 1. The molecule has 1 rings (SSSR count). The second kappa shape index (κ2) is 5.79. The lowest BCUT2D eigenvalue weighted by atomic mass is 9.92. The van der Waals surface area contributed by atoms with Crippen LogP contribution in [-0.2, 0) is 9.59 Å². The maximum Gasteiger partial charge on any atom is 0.236 e. The molecule has 0 aromatic heterocycles. The van der Waals surface area contributed by atoms with Crippen LogP contribution in [0.1, 0.15) is 20.8 Å². The van der Waals surface area contributed by atoms with E-state index in [4.69, 9.17) is 18.0 Å². The lowest BCUT2D eigenvalue weighted by molar-refractivity contribution is -0.121. The molecule has 4 N–H and O–H groups in total. The zero-order chi connectivity index (χ0) is 14.6. The number of benzene rings is 1. The van der Waals surface area contributed by atoms with Crippen LogP contribution in [0.2, 0.25) is 0 Å². The van der Waals surface area contributed by atoms with Gasteiger partial charge in [0.15, 0.2) is 0 Å². The highest BCUT2D eigenvalue weighted by atomic mass is 32.1. The minimum absolute atomic E-state index is 0.128. The SMILES string of the molecule is CC(=O)Nc1cccc(NC(=O)C(C)(C)C(N)=S)c1. The first-order chi connectivity index (χ1) is 8.73. The molecule has 0 aliphatic rings. The zero-order valence-corrected chi connectivity index (χ0v) is 11.9. The Bertz CT molecular complexity index is 526. The van der Waals surface area contributed by atoms with Crippen molar-refractivity contribution in [2.24, 2.45) is 11.1 Å². The summed E-state index contributed by atoms with van der Waals surface area (Å²) in [7, 11) is 0. The fourth-order valence-electron chi connectivity index (χ4n) is 1.28. The van der Waals surface area contributed by atoms with Gasteiger partial charge in [0.05, 0.1) is 10.4 Å². The van der Waals surface area contributed by atoms with Gasteiger partial charge in [0, 0.05) is 18.3 Å². The number of hydrogen-bond donors (Lipinski definition) is 3. The average molecular weight is 279 g/mol. The Morgan fingerprint density at radius 3 is 2.21 bits per heavy atom. The Labute approximate surface area is 117 Å². The van der Waals surface area contributed by atoms with Gasteiger partial charge in [-0.2, -0.15) is 0 Å². The first-order valence-corrected chi connectivity index (χ1v) is 6.13. The standard InChI is InChI=1S/C13H17N3O2S/c1-8(17)15-9-5-4-6-10(7-9)16-12(18)13(2,3)11(14)19/h4-7H,1-3H3,(H2,14,19)(H,15,17)(H,16,18). The fourth-order valence-corrected chi connectivity index (χ4v) is 1.37. The van der Waals surface area contributed by atoms with E-state index in [2.05, 4.69) is 10.6 Å². The van der Waals surface area contributed by atoms with Crippen LogP contribution >= 0.6 is 12.2 Å². The maximum atomic E-state index is 12.0. The molecule has 0 saturated carbocycles. The Morgan fingerprint density at radius 1 is 1.21 bits per heavy atom. The summed E-state index contributed by atoms with van der Waals surface area (Å²) < 4.78 is 0. The monoisotopic (exact) mass is 279 g/mol. The zero-order valence-electron chi connectivity index (χ0n) is 11.1. The number of anilines is 2. The van der Waals surface area contributed by atoms with Crippen LogP contribution in [0, 0.1) is 5.41 Å². The van der Waals surface area contributed by atoms with E-state index in [0.29, 0.717) is 11.4 Å². The number of nitrogens with two attached hydrogens (primary N) is 1. The van der Waals surface area contributed by atoms with Crippen molar-refractivity contribution in [1.29, 1.82) is 0 Å². The highest BCUT2D eigenvalue weighted by Crippen LogP contribution is 2.21. The molecule has 0 saturated heterocycles. The fraction of sp³-hybridized carbons (Fsp3) is 0.308. The predicted octanol–water partition coefficient (Wildman–Crippen LogP) is 1.90. The highest BCUT2D eigenvalue weighted by Gasteiger charge is 2.30. The van der Waals surface area contributed by atoms with E-state index in [0.717, 1.165) is 0 Å². The van der Waals surface area contributed by atoms with Gasteiger partial charge in [-0.1, -0.05) is 18.3 Å². The van der Waals surface area contributed by atoms with Gasteiger partial charge in [0.25, 0.3) is 0 Å². The first-order valence-electron chi connectivity index (χ1n) is 5.72. The summed E-state index contributed by atoms with van der Waals surface area (Å²) in [6, 6.07) is 6.85. The molecule has 102 valence electrons. The van der Waals surface area contributed by atoms with Gasteiger partial charge in [-0.05, 0) is 32.0 Å². The topological polar surface area (TPSA) is 84.2 Å². The molecule has 0 unspecified atom stereocenters. The van der Waals surface area contributed by atoms with E-state index in [1.165, 1.54) is 6.92 Å². The van der Waals surface area contributed by atoms with Crippen LogP contribution in [0.25, 0.3) is 0 Å². The van der Waals surface area contributed by atoms with E-state index in [1.807, 2.05) is 0 Å². The van der Waals surface area contributed by atoms with Crippen molar-refractivity contribution in [3.63, 3.8) is 0 Å². The molecule has 0 spiro atoms. The number of rotatable bonds is 4. The lowest BCUT2D eigenvalue weighted by Gasteiger charge is -2.22. The lowest BCUT2D eigenvalue weighted by Crippen LogP contribution is -2.41. The Morgan fingerprint density at radius 2 is 1.74 bits per heavy atom. The van der Waals surface area contributed by atoms with Gasteiger partial charge in [-0.3, -0.25) is 9.59 Å². The summed E-state index contributed by atoms with van der Waals surface area (Å²) in [6.45, 7) is 4.73. The van der Waals surface area contributed by atoms with Gasteiger partial charge in [0.2, 0.25) is 11.8 Å². The van der Waals surface area contributed by atoms with Crippen molar-refractivity contribution in [3.8, 4) is 0 Å². The highest BCUT2D eigenvalue weighted by molar-refractivity contribution is 7.80. The molecule has 0 radical (unpaired) electrons. The number of amides is 2. The van der Waals surface area contributed by atoms with Crippen LogP contribution in [0.15, 0.2) is 24.3 Å². The summed E-state index contributed by atoms with van der Waals surface area (Å²) in [4.78, 5) is 23.1. The van der Waals surface area contributed by atoms with E-state index in [9.17, 15) is 9.59 Å². The molecule has 19 heavy (non-hydrogen) atoms. The van der Waals surface area contributed by atoms with E-state index >= 15 is 0 Å². The third-order valence-corrected chi connectivity index (χ3v) is 3.13. The van der Waals surface area contributed by atoms with Gasteiger partial charge in [0.1, 0.15) is 0 Å². The number of nitrogens with one attached hydrogen (secondary N) is 2. The maximum absolute atomic E-state index is 12.0. The molecular formula is C13H17N3O2S. The van der Waals surface area contributed by atoms with Crippen molar-refractivity contribution in [3.05, 3.63) is 24.3 Å². The third-order valence-electron chi connectivity index (χ3n) is 2.62. The second-order valence-corrected chi connectivity index (χ2v) is 5.15. The second-order valence-electron chi connectivity index (χ2n) is 4.71. The molecule has 5 nitrogen and oxygen atoms in total. The first kappa shape index (κ1) is 15.1. The summed E-state index contributed by atoms with van der Waals surface area (Å²) in [5.41, 5.74) is 5.78. The van der Waals surface area contributed by atoms with Crippen molar-refractivity contribution >= 4 is 40.4 Å². The van der Waals surface area contributed by atoms with Gasteiger partial charge in [-0.15, -0.1) is 0 Å². The van der Waals surface area contributed by atoms with Crippen molar-refractivity contribution < 1.29 is 9.59 Å². The minimum Gasteiger partial charge on any atom is -0.392 e. The molecule has 2 amide bonds. The van der Waals surface area contributed by atoms with Crippen LogP contribution < -0.4 is 16.4 Å². The van der Waals surface area contributed by atoms with Crippen LogP contribution in [0.4, 0.5) is 11.4 Å². The average Bonchev–Trinajstić information content (AvgIpc) is 2.28. The molecule has 1 aromatic carbocycles. The Balaban J connectivity index is 2.86. The molecule has 0 aliphatic carbocycles. The van der Waals surface area contributed by atoms with E-state index in [-0.39, 0.29) is 16.8 Å². The van der Waals surface area contributed by atoms with Gasteiger partial charge >= 0.3 is 0 Å². The number of carbonyl (C=O) groups excluding carboxylic acids is 2. The molecule has 1 aromatic rings. The van der Waals surface area contributed by atoms with Crippen molar-refractivity contribution in [2.75, 3.05) is 10.6 Å². The molecule has 0 heterocycles. The summed E-state index contributed by atoms with van der Waals surface area (Å²) in [5.74, 6) is -0.466. The van der Waals surface area contributed by atoms with E-state index < -0.39 is 5.41 Å². The van der Waals surface area contributed by atoms with Crippen LogP contribution in [0.5, 0.6) is 0 Å². The summed E-state index contributed by atoms with van der Waals surface area (Å²) >= 11 is 4.87. The number of hydrogen-bond acceptors (Lipinski definition) is 3. The predicted molar refractivity (Wildman–Crippen MR) is 79.9 cm³/mol. The van der Waals surface area contributed by atoms with E-state index in [1.54, 1.807) is 38.1 Å². The smallest absolute Gasteiger partial charge is 0.236 e. The van der Waals surface area contributed by atoms with Gasteiger partial charge in [-0.25, -0.2) is 0 Å². The molecule has 6 heteroatoms. The van der Waals surface area contributed by atoms with Crippen molar-refractivity contribution in [1.82, 2.24) is 0 Å². The normalized spacial score (nSPS) is 10.7. The third kappa shape index (κ3) is 4.03. The summed E-state index contributed by atoms with van der Waals surface area (Å²) in [6.07, 6.45) is 0. The Kier molecular flexibility index (Phi) is 4.61. The van der Waals surface area contributed by atoms with Gasteiger partial charge < -0.3 is 16.4 Å². The van der Waals surface area contributed by atoms with Crippen molar-refractivity contribution in [2.45, 2.75) is 20.8 Å². The quantitative estimate of drug-likeness (QED) is 0.735.